The largest absolute Gasteiger partial charge is 0.464 e. The summed E-state index contributed by atoms with van der Waals surface area (Å²) in [4.78, 5) is 21.1. The molecule has 0 radical (unpaired) electrons. The van der Waals surface area contributed by atoms with Crippen LogP contribution in [-0.4, -0.2) is 59.8 Å². The molecule has 0 spiro atoms. The van der Waals surface area contributed by atoms with Gasteiger partial charge in [0.15, 0.2) is 0 Å². The van der Waals surface area contributed by atoms with E-state index >= 15 is 0 Å². The number of allylic oxidation sites excluding steroid dienone is 3. The maximum atomic E-state index is 11.9. The number of piperazine rings is 1. The molecular formula is C28H33ClN4O2. The van der Waals surface area contributed by atoms with E-state index in [1.165, 1.54) is 18.9 Å². The van der Waals surface area contributed by atoms with Crippen LogP contribution in [0.4, 0.5) is 0 Å². The zero-order valence-corrected chi connectivity index (χ0v) is 20.8. The number of hydrogen-bond acceptors (Lipinski definition) is 5. The Labute approximate surface area is 212 Å². The van der Waals surface area contributed by atoms with Gasteiger partial charge in [0.25, 0.3) is 0 Å². The fourth-order valence-corrected chi connectivity index (χ4v) is 5.78. The molecule has 184 valence electrons. The number of fused-ring (bicyclic) bond motifs is 1. The van der Waals surface area contributed by atoms with Crippen LogP contribution < -0.4 is 5.32 Å². The Kier molecular flexibility index (Phi) is 7.40. The molecule has 35 heavy (non-hydrogen) atoms. The predicted molar refractivity (Wildman–Crippen MR) is 142 cm³/mol. The van der Waals surface area contributed by atoms with Gasteiger partial charge in [-0.05, 0) is 44.2 Å². The molecule has 5 rings (SSSR count). The highest BCUT2D eigenvalue weighted by molar-refractivity contribution is 6.37. The van der Waals surface area contributed by atoms with E-state index in [2.05, 4.69) is 28.9 Å². The topological polar surface area (TPSA) is 61.1 Å². The van der Waals surface area contributed by atoms with Gasteiger partial charge in [0, 0.05) is 67.4 Å². The molecule has 1 aromatic heterocycles. The van der Waals surface area contributed by atoms with Gasteiger partial charge in [-0.3, -0.25) is 9.69 Å². The smallest absolute Gasteiger partial charge is 0.246 e. The number of rotatable bonds is 4. The monoisotopic (exact) mass is 492 g/mol. The lowest BCUT2D eigenvalue weighted by molar-refractivity contribution is -0.128. The van der Waals surface area contributed by atoms with E-state index < -0.39 is 0 Å². The Morgan fingerprint density at radius 1 is 1.20 bits per heavy atom. The number of nitrogens with one attached hydrogen (secondary N) is 1. The highest BCUT2D eigenvalue weighted by atomic mass is 35.5. The third-order valence-electron chi connectivity index (χ3n) is 7.43. The van der Waals surface area contributed by atoms with Gasteiger partial charge in [-0.2, -0.15) is 0 Å². The minimum Gasteiger partial charge on any atom is -0.464 e. The summed E-state index contributed by atoms with van der Waals surface area (Å²) in [5, 5.41) is 5.42. The predicted octanol–water partition coefficient (Wildman–Crippen LogP) is 5.32. The Hall–Kier alpha value is -2.83. The molecule has 1 aromatic carbocycles. The maximum Gasteiger partial charge on any atom is 0.246 e. The fourth-order valence-electron chi connectivity index (χ4n) is 5.55. The van der Waals surface area contributed by atoms with Gasteiger partial charge in [0.05, 0.1) is 11.3 Å². The number of furan rings is 1. The molecule has 1 saturated carbocycles. The van der Waals surface area contributed by atoms with E-state index in [1.807, 2.05) is 23.1 Å². The van der Waals surface area contributed by atoms with Gasteiger partial charge >= 0.3 is 0 Å². The lowest BCUT2D eigenvalue weighted by atomic mass is 9.89. The van der Waals surface area contributed by atoms with Crippen LogP contribution in [0.3, 0.4) is 0 Å². The van der Waals surface area contributed by atoms with E-state index in [1.54, 1.807) is 12.5 Å². The standard InChI is InChI=1S/C28H33ClN4O2/c1-2-28(34)33-15-13-32(14-16-33)21-8-5-7-20(17-21)31-27-12-6-10-22(25(29)18-30-27)24-19-35-26-11-4-3-9-23(24)26/h2-4,9-11,18-21H,1,5-8,12-17H2,(H,30,31)/b22-10-,25-18+/t20-,21+/m1/s1. The summed E-state index contributed by atoms with van der Waals surface area (Å²) in [6.45, 7) is 7.06. The average Bonchev–Trinajstić information content (AvgIpc) is 3.32. The van der Waals surface area contributed by atoms with Gasteiger partial charge in [0.2, 0.25) is 5.91 Å². The third kappa shape index (κ3) is 5.39. The summed E-state index contributed by atoms with van der Waals surface area (Å²) < 4.78 is 5.73. The molecule has 2 fully saturated rings. The second kappa shape index (κ2) is 10.8. The molecule has 2 aliphatic heterocycles. The second-order valence-corrected chi connectivity index (χ2v) is 9.99. The molecule has 2 aromatic rings. The first-order chi connectivity index (χ1) is 17.1. The molecular weight excluding hydrogens is 460 g/mol. The summed E-state index contributed by atoms with van der Waals surface area (Å²) in [6.07, 6.45) is 13.6. The minimum absolute atomic E-state index is 0.0417. The normalized spacial score (nSPS) is 28.6. The first kappa shape index (κ1) is 23.9. The van der Waals surface area contributed by atoms with Crippen molar-refractivity contribution in [3.8, 4) is 0 Å². The Balaban J connectivity index is 1.21. The van der Waals surface area contributed by atoms with Crippen LogP contribution in [0.2, 0.25) is 0 Å². The summed E-state index contributed by atoms with van der Waals surface area (Å²) in [7, 11) is 0. The minimum atomic E-state index is 0.0417. The highest BCUT2D eigenvalue weighted by Crippen LogP contribution is 2.34. The Bertz CT molecular complexity index is 1170. The van der Waals surface area contributed by atoms with Crippen LogP contribution in [0.1, 0.15) is 44.1 Å². The van der Waals surface area contributed by atoms with E-state index in [-0.39, 0.29) is 5.91 Å². The van der Waals surface area contributed by atoms with Crippen LogP contribution in [0.25, 0.3) is 16.5 Å². The van der Waals surface area contributed by atoms with Crippen molar-refractivity contribution in [2.45, 2.75) is 50.6 Å². The SMILES string of the molecule is C=CC(=O)N1CCN([C@H]2CCC[C@@H](N/C3=N/C=C(Cl)\C(c4coc5ccccc45)=C/CC3)C2)CC1. The lowest BCUT2D eigenvalue weighted by Crippen LogP contribution is -2.54. The van der Waals surface area contributed by atoms with Crippen molar-refractivity contribution < 1.29 is 9.21 Å². The van der Waals surface area contributed by atoms with Crippen molar-refractivity contribution in [1.82, 2.24) is 15.1 Å². The van der Waals surface area contributed by atoms with Crippen molar-refractivity contribution in [3.05, 3.63) is 66.1 Å². The van der Waals surface area contributed by atoms with Crippen LogP contribution in [-0.2, 0) is 4.79 Å². The number of hydrogen-bond donors (Lipinski definition) is 1. The van der Waals surface area contributed by atoms with E-state index in [0.29, 0.717) is 17.1 Å². The maximum absolute atomic E-state index is 11.9. The molecule has 1 amide bonds. The van der Waals surface area contributed by atoms with E-state index in [0.717, 1.165) is 79.8 Å². The number of nitrogens with zero attached hydrogens (tertiary/aromatic N) is 3. The van der Waals surface area contributed by atoms with Crippen LogP contribution in [0, 0.1) is 0 Å². The van der Waals surface area contributed by atoms with Gasteiger partial charge in [-0.15, -0.1) is 0 Å². The molecule has 2 atom stereocenters. The van der Waals surface area contributed by atoms with Gasteiger partial charge in [0.1, 0.15) is 11.4 Å². The summed E-state index contributed by atoms with van der Waals surface area (Å²) >= 11 is 6.70. The van der Waals surface area contributed by atoms with Crippen molar-refractivity contribution in [3.63, 3.8) is 0 Å². The van der Waals surface area contributed by atoms with Crippen molar-refractivity contribution in [2.75, 3.05) is 26.2 Å². The molecule has 6 nitrogen and oxygen atoms in total. The molecule has 1 aliphatic carbocycles. The highest BCUT2D eigenvalue weighted by Gasteiger charge is 2.30. The molecule has 0 unspecified atom stereocenters. The number of carbonyl (C=O) groups is 1. The quantitative estimate of drug-likeness (QED) is 0.587. The van der Waals surface area contributed by atoms with Crippen LogP contribution in [0.15, 0.2) is 69.9 Å². The van der Waals surface area contributed by atoms with E-state index in [9.17, 15) is 4.79 Å². The van der Waals surface area contributed by atoms with Crippen molar-refractivity contribution in [1.29, 1.82) is 0 Å². The number of carbonyl (C=O) groups excluding carboxylic acids is 1. The molecule has 0 bridgehead atoms. The first-order valence-electron chi connectivity index (χ1n) is 12.6. The molecule has 1 saturated heterocycles. The zero-order valence-electron chi connectivity index (χ0n) is 20.1. The zero-order chi connectivity index (χ0) is 24.2. The summed E-state index contributed by atoms with van der Waals surface area (Å²) in [5.41, 5.74) is 2.85. The molecule has 1 N–H and O–H groups in total. The first-order valence-corrected chi connectivity index (χ1v) is 13.0. The number of amides is 1. The Morgan fingerprint density at radius 3 is 2.86 bits per heavy atom. The number of aliphatic imine (C=N–C) groups is 1. The summed E-state index contributed by atoms with van der Waals surface area (Å²) in [5.74, 6) is 1.04. The molecule has 3 aliphatic rings. The van der Waals surface area contributed by atoms with Crippen LogP contribution >= 0.6 is 11.6 Å². The Morgan fingerprint density at radius 2 is 2.03 bits per heavy atom. The number of benzene rings is 1. The third-order valence-corrected chi connectivity index (χ3v) is 7.73. The van der Waals surface area contributed by atoms with Crippen LogP contribution in [0.5, 0.6) is 0 Å². The average molecular weight is 493 g/mol. The number of amidine groups is 1. The van der Waals surface area contributed by atoms with Crippen molar-refractivity contribution in [2.24, 2.45) is 4.99 Å². The fraction of sp³-hybridized carbons (Fsp3) is 0.429. The van der Waals surface area contributed by atoms with Gasteiger partial charge in [-0.25, -0.2) is 4.99 Å². The number of halogens is 1. The second-order valence-electron chi connectivity index (χ2n) is 9.58. The summed E-state index contributed by atoms with van der Waals surface area (Å²) in [6, 6.07) is 8.98. The lowest BCUT2D eigenvalue weighted by Gasteiger charge is -2.42. The molecule has 7 heteroatoms. The van der Waals surface area contributed by atoms with Gasteiger partial charge < -0.3 is 14.6 Å². The molecule has 3 heterocycles. The van der Waals surface area contributed by atoms with Gasteiger partial charge in [-0.1, -0.05) is 42.5 Å². The number of para-hydroxylation sites is 1. The van der Waals surface area contributed by atoms with E-state index in [4.69, 9.17) is 21.0 Å². The van der Waals surface area contributed by atoms with Crippen molar-refractivity contribution >= 4 is 39.9 Å².